The van der Waals surface area contributed by atoms with Crippen molar-refractivity contribution in [3.63, 3.8) is 0 Å². The molecule has 1 N–H and O–H groups in total. The van der Waals surface area contributed by atoms with E-state index < -0.39 is 0 Å². The maximum atomic E-state index is 11.7. The largest absolute Gasteiger partial charge is 0.494 e. The minimum atomic E-state index is -0.227. The number of nitrogens with one attached hydrogen (secondary N) is 1. The number of amides is 1. The second-order valence-electron chi connectivity index (χ2n) is 3.61. The molecule has 1 saturated carbocycles. The molecule has 86 valence electrons. The highest BCUT2D eigenvalue weighted by molar-refractivity contribution is 5.99. The van der Waals surface area contributed by atoms with Gasteiger partial charge in [0.2, 0.25) is 0 Å². The third kappa shape index (κ3) is 2.08. The number of ether oxygens (including phenoxy) is 2. The summed E-state index contributed by atoms with van der Waals surface area (Å²) in [6.45, 7) is 0. The summed E-state index contributed by atoms with van der Waals surface area (Å²) < 4.78 is 10.7. The molecule has 1 aliphatic rings. The maximum absolute atomic E-state index is 11.7. The number of hydrogen-bond donors (Lipinski definition) is 1. The first-order valence-corrected chi connectivity index (χ1v) is 5.17. The van der Waals surface area contributed by atoms with Crippen LogP contribution in [0.3, 0.4) is 0 Å². The monoisotopic (exact) mass is 222 g/mol. The Morgan fingerprint density at radius 1 is 1.44 bits per heavy atom. The zero-order chi connectivity index (χ0) is 11.5. The minimum Gasteiger partial charge on any atom is -0.494 e. The molecule has 16 heavy (non-hydrogen) atoms. The fourth-order valence-corrected chi connectivity index (χ4v) is 1.38. The molecule has 1 heterocycles. The molecule has 0 spiro atoms. The van der Waals surface area contributed by atoms with Crippen LogP contribution in [0.2, 0.25) is 0 Å². The molecule has 0 atom stereocenters. The second kappa shape index (κ2) is 4.38. The molecule has 5 nitrogen and oxygen atoms in total. The van der Waals surface area contributed by atoms with Gasteiger partial charge in [0.15, 0.2) is 11.5 Å². The average Bonchev–Trinajstić information content (AvgIpc) is 3.11. The molecule has 0 unspecified atom stereocenters. The van der Waals surface area contributed by atoms with Gasteiger partial charge in [-0.05, 0) is 12.8 Å². The fraction of sp³-hybridized carbons (Fsp3) is 0.455. The van der Waals surface area contributed by atoms with E-state index >= 15 is 0 Å². The highest BCUT2D eigenvalue weighted by Crippen LogP contribution is 2.32. The van der Waals surface area contributed by atoms with Crippen molar-refractivity contribution in [3.05, 3.63) is 18.0 Å². The van der Waals surface area contributed by atoms with E-state index in [2.05, 4.69) is 10.3 Å². The molecule has 2 rings (SSSR count). The number of hydrogen-bond acceptors (Lipinski definition) is 4. The molecule has 1 fully saturated rings. The van der Waals surface area contributed by atoms with Gasteiger partial charge in [0, 0.05) is 7.05 Å². The number of aromatic nitrogens is 1. The van der Waals surface area contributed by atoms with Crippen molar-refractivity contribution < 1.29 is 14.3 Å². The molecule has 0 aromatic carbocycles. The highest BCUT2D eigenvalue weighted by atomic mass is 16.5. The van der Waals surface area contributed by atoms with Gasteiger partial charge in [0.25, 0.3) is 5.91 Å². The number of methoxy groups -OCH3 is 1. The number of pyridine rings is 1. The van der Waals surface area contributed by atoms with E-state index in [9.17, 15) is 4.79 Å². The summed E-state index contributed by atoms with van der Waals surface area (Å²) in [7, 11) is 3.08. The standard InChI is InChI=1S/C11H14N2O3/c1-12-11(14)10-8(15-2)5-13-6-9(10)16-7-3-4-7/h5-7H,3-4H2,1-2H3,(H,12,14). The average molecular weight is 222 g/mol. The van der Waals surface area contributed by atoms with Gasteiger partial charge < -0.3 is 14.8 Å². The van der Waals surface area contributed by atoms with Crippen molar-refractivity contribution in [2.24, 2.45) is 0 Å². The van der Waals surface area contributed by atoms with E-state index in [1.807, 2.05) is 0 Å². The Kier molecular flexibility index (Phi) is 2.94. The van der Waals surface area contributed by atoms with Gasteiger partial charge in [0.05, 0.1) is 25.6 Å². The van der Waals surface area contributed by atoms with E-state index in [0.29, 0.717) is 17.1 Å². The van der Waals surface area contributed by atoms with Gasteiger partial charge in [0.1, 0.15) is 5.56 Å². The van der Waals surface area contributed by atoms with Gasteiger partial charge in [-0.25, -0.2) is 0 Å². The Balaban J connectivity index is 2.36. The maximum Gasteiger partial charge on any atom is 0.258 e. The quantitative estimate of drug-likeness (QED) is 0.825. The lowest BCUT2D eigenvalue weighted by Gasteiger charge is -2.12. The molecule has 1 aromatic heterocycles. The molecule has 0 radical (unpaired) electrons. The summed E-state index contributed by atoms with van der Waals surface area (Å²) in [5.41, 5.74) is 0.409. The molecular weight excluding hydrogens is 208 g/mol. The van der Waals surface area contributed by atoms with Crippen molar-refractivity contribution in [1.29, 1.82) is 0 Å². The van der Waals surface area contributed by atoms with Crippen LogP contribution in [0.25, 0.3) is 0 Å². The fourth-order valence-electron chi connectivity index (χ4n) is 1.38. The topological polar surface area (TPSA) is 60.5 Å². The van der Waals surface area contributed by atoms with Crippen LogP contribution >= 0.6 is 0 Å². The van der Waals surface area contributed by atoms with Gasteiger partial charge >= 0.3 is 0 Å². The number of carbonyl (C=O) groups is 1. The van der Waals surface area contributed by atoms with Crippen LogP contribution in [0.1, 0.15) is 23.2 Å². The Bertz CT molecular complexity index is 402. The molecule has 0 saturated heterocycles. The first-order chi connectivity index (χ1) is 7.76. The van der Waals surface area contributed by atoms with Gasteiger partial charge in [-0.1, -0.05) is 0 Å². The van der Waals surface area contributed by atoms with Crippen molar-refractivity contribution in [3.8, 4) is 11.5 Å². The first-order valence-electron chi connectivity index (χ1n) is 5.17. The van der Waals surface area contributed by atoms with E-state index in [1.54, 1.807) is 13.2 Å². The number of carbonyl (C=O) groups excluding carboxylic acids is 1. The zero-order valence-electron chi connectivity index (χ0n) is 9.32. The Morgan fingerprint density at radius 2 is 2.12 bits per heavy atom. The Labute approximate surface area is 93.8 Å². The molecule has 5 heteroatoms. The van der Waals surface area contributed by atoms with Crippen molar-refractivity contribution in [1.82, 2.24) is 10.3 Å². The molecule has 0 bridgehead atoms. The van der Waals surface area contributed by atoms with Gasteiger partial charge in [-0.3, -0.25) is 9.78 Å². The van der Waals surface area contributed by atoms with E-state index in [0.717, 1.165) is 12.8 Å². The lowest BCUT2D eigenvalue weighted by molar-refractivity contribution is 0.0955. The summed E-state index contributed by atoms with van der Waals surface area (Å²) in [5, 5.41) is 2.56. The summed E-state index contributed by atoms with van der Waals surface area (Å²) in [6, 6.07) is 0. The molecule has 1 aliphatic carbocycles. The molecule has 0 aliphatic heterocycles. The normalized spacial score (nSPS) is 14.4. The van der Waals surface area contributed by atoms with E-state index in [1.165, 1.54) is 13.3 Å². The Morgan fingerprint density at radius 3 is 2.69 bits per heavy atom. The minimum absolute atomic E-state index is 0.220. The summed E-state index contributed by atoms with van der Waals surface area (Å²) in [5.74, 6) is 0.689. The van der Waals surface area contributed by atoms with Crippen LogP contribution in [0.5, 0.6) is 11.5 Å². The SMILES string of the molecule is CNC(=O)c1c(OC)cncc1OC1CC1. The van der Waals surface area contributed by atoms with Crippen LogP contribution in [0, 0.1) is 0 Å². The molecule has 1 aromatic rings. The first kappa shape index (κ1) is 10.7. The third-order valence-electron chi connectivity index (χ3n) is 2.37. The summed E-state index contributed by atoms with van der Waals surface area (Å²) >= 11 is 0. The predicted octanol–water partition coefficient (Wildman–Crippen LogP) is 0.991. The third-order valence-corrected chi connectivity index (χ3v) is 2.37. The van der Waals surface area contributed by atoms with Crippen molar-refractivity contribution in [2.45, 2.75) is 18.9 Å². The van der Waals surface area contributed by atoms with Gasteiger partial charge in [-0.2, -0.15) is 0 Å². The lowest BCUT2D eigenvalue weighted by Crippen LogP contribution is -2.20. The van der Waals surface area contributed by atoms with E-state index in [-0.39, 0.29) is 12.0 Å². The lowest BCUT2D eigenvalue weighted by atomic mass is 10.2. The van der Waals surface area contributed by atoms with Crippen LogP contribution in [0.15, 0.2) is 12.4 Å². The van der Waals surface area contributed by atoms with Crippen LogP contribution in [-0.2, 0) is 0 Å². The van der Waals surface area contributed by atoms with Crippen LogP contribution in [-0.4, -0.2) is 31.2 Å². The summed E-state index contributed by atoms with van der Waals surface area (Å²) in [6.07, 6.45) is 5.34. The number of nitrogens with zero attached hydrogens (tertiary/aromatic N) is 1. The highest BCUT2D eigenvalue weighted by Gasteiger charge is 2.27. The number of rotatable bonds is 4. The molecular formula is C11H14N2O3. The van der Waals surface area contributed by atoms with Crippen molar-refractivity contribution >= 4 is 5.91 Å². The zero-order valence-corrected chi connectivity index (χ0v) is 9.32. The predicted molar refractivity (Wildman–Crippen MR) is 57.8 cm³/mol. The Hall–Kier alpha value is -1.78. The molecule has 1 amide bonds. The second-order valence-corrected chi connectivity index (χ2v) is 3.61. The summed E-state index contributed by atoms with van der Waals surface area (Å²) in [4.78, 5) is 15.7. The van der Waals surface area contributed by atoms with Gasteiger partial charge in [-0.15, -0.1) is 0 Å². The smallest absolute Gasteiger partial charge is 0.258 e. The van der Waals surface area contributed by atoms with Crippen LogP contribution in [0.4, 0.5) is 0 Å². The van der Waals surface area contributed by atoms with Crippen LogP contribution < -0.4 is 14.8 Å². The van der Waals surface area contributed by atoms with Crippen molar-refractivity contribution in [2.75, 3.05) is 14.2 Å². The van der Waals surface area contributed by atoms with E-state index in [4.69, 9.17) is 9.47 Å².